The minimum absolute atomic E-state index is 0.602. The third kappa shape index (κ3) is 4.65. The molecule has 29 heavy (non-hydrogen) atoms. The fourth-order valence-electron chi connectivity index (χ4n) is 3.36. The summed E-state index contributed by atoms with van der Waals surface area (Å²) >= 11 is 0. The number of nitrogens with zero attached hydrogens (tertiary/aromatic N) is 3. The number of halogens is 3. The highest BCUT2D eigenvalue weighted by Gasteiger charge is 2.29. The molecule has 0 radical (unpaired) electrons. The largest absolute Gasteiger partial charge is 0.416 e. The van der Waals surface area contributed by atoms with Gasteiger partial charge in [0.1, 0.15) is 0 Å². The molecule has 0 N–H and O–H groups in total. The van der Waals surface area contributed by atoms with Crippen LogP contribution in [-0.4, -0.2) is 14.8 Å². The summed E-state index contributed by atoms with van der Waals surface area (Å²) in [5.74, 6) is 0. The Kier molecular flexibility index (Phi) is 5.34. The number of unbranched alkanes of at least 4 members (excludes halogenated alkanes) is 1. The first-order valence-electron chi connectivity index (χ1n) is 9.52. The zero-order chi connectivity index (χ0) is 20.3. The van der Waals surface area contributed by atoms with Crippen LogP contribution in [-0.2, 0) is 19.1 Å². The molecule has 4 rings (SSSR count). The molecule has 6 heteroatoms. The van der Waals surface area contributed by atoms with E-state index in [1.807, 2.05) is 29.3 Å². The van der Waals surface area contributed by atoms with Crippen LogP contribution in [0.4, 0.5) is 13.2 Å². The molecule has 0 unspecified atom stereocenters. The number of fused-ring (bicyclic) bond motifs is 1. The number of rotatable bonds is 6. The van der Waals surface area contributed by atoms with Gasteiger partial charge in [0.15, 0.2) is 0 Å². The summed E-state index contributed by atoms with van der Waals surface area (Å²) in [5, 5.41) is 6.68. The van der Waals surface area contributed by atoms with Crippen molar-refractivity contribution in [2.24, 2.45) is 0 Å². The van der Waals surface area contributed by atoms with Crippen LogP contribution in [0.3, 0.4) is 0 Å². The number of benzene rings is 2. The predicted molar refractivity (Wildman–Crippen MR) is 107 cm³/mol. The Balaban J connectivity index is 1.31. The SMILES string of the molecule is FC(F)(F)c1ccc(CCCCn2cc(-c3ccc4cnccc4c3)cn2)cc1. The molecule has 0 aliphatic heterocycles. The van der Waals surface area contributed by atoms with E-state index in [1.54, 1.807) is 18.3 Å². The van der Waals surface area contributed by atoms with Gasteiger partial charge in [-0.15, -0.1) is 0 Å². The van der Waals surface area contributed by atoms with E-state index in [2.05, 4.69) is 28.3 Å². The third-order valence-electron chi connectivity index (χ3n) is 4.99. The molecule has 0 spiro atoms. The number of aryl methyl sites for hydroxylation is 2. The van der Waals surface area contributed by atoms with E-state index in [1.165, 1.54) is 0 Å². The molecule has 3 nitrogen and oxygen atoms in total. The summed E-state index contributed by atoms with van der Waals surface area (Å²) in [4.78, 5) is 4.13. The lowest BCUT2D eigenvalue weighted by atomic mass is 10.1. The van der Waals surface area contributed by atoms with Gasteiger partial charge in [-0.2, -0.15) is 18.3 Å². The average molecular weight is 395 g/mol. The highest BCUT2D eigenvalue weighted by Crippen LogP contribution is 2.29. The normalized spacial score (nSPS) is 11.8. The van der Waals surface area contributed by atoms with Crippen molar-refractivity contribution < 1.29 is 13.2 Å². The lowest BCUT2D eigenvalue weighted by Crippen LogP contribution is -2.04. The summed E-state index contributed by atoms with van der Waals surface area (Å²) in [6.45, 7) is 0.776. The quantitative estimate of drug-likeness (QED) is 0.367. The Labute approximate surface area is 166 Å². The molecule has 0 aliphatic rings. The fourth-order valence-corrected chi connectivity index (χ4v) is 3.36. The summed E-state index contributed by atoms with van der Waals surface area (Å²) < 4.78 is 39.7. The van der Waals surface area contributed by atoms with E-state index in [0.717, 1.165) is 65.4 Å². The van der Waals surface area contributed by atoms with Crippen LogP contribution in [0.25, 0.3) is 21.9 Å². The van der Waals surface area contributed by atoms with Crippen LogP contribution in [0.2, 0.25) is 0 Å². The van der Waals surface area contributed by atoms with Crippen LogP contribution in [0.1, 0.15) is 24.0 Å². The second kappa shape index (κ2) is 8.07. The molecule has 2 aromatic carbocycles. The van der Waals surface area contributed by atoms with Crippen LogP contribution in [0.15, 0.2) is 73.3 Å². The molecule has 0 saturated heterocycles. The van der Waals surface area contributed by atoms with Crippen molar-refractivity contribution in [3.63, 3.8) is 0 Å². The number of hydrogen-bond donors (Lipinski definition) is 0. The van der Waals surface area contributed by atoms with E-state index < -0.39 is 11.7 Å². The lowest BCUT2D eigenvalue weighted by molar-refractivity contribution is -0.137. The molecule has 0 aliphatic carbocycles. The van der Waals surface area contributed by atoms with Gasteiger partial charge in [-0.1, -0.05) is 24.3 Å². The number of hydrogen-bond acceptors (Lipinski definition) is 2. The number of alkyl halides is 3. The molecule has 0 saturated carbocycles. The predicted octanol–water partition coefficient (Wildman–Crippen LogP) is 6.14. The Morgan fingerprint density at radius 1 is 0.828 bits per heavy atom. The summed E-state index contributed by atoms with van der Waals surface area (Å²) in [6, 6.07) is 13.7. The van der Waals surface area contributed by atoms with E-state index >= 15 is 0 Å². The van der Waals surface area contributed by atoms with Crippen molar-refractivity contribution in [2.45, 2.75) is 32.0 Å². The standard InChI is InChI=1S/C23H20F3N3/c24-23(25,26)22-8-4-17(5-9-22)3-1-2-12-29-16-21(15-28-29)18-6-7-20-14-27-11-10-19(20)13-18/h4-11,13-16H,1-3,12H2. The Morgan fingerprint density at radius 3 is 2.45 bits per heavy atom. The second-order valence-electron chi connectivity index (χ2n) is 7.08. The van der Waals surface area contributed by atoms with Crippen molar-refractivity contribution in [1.29, 1.82) is 0 Å². The van der Waals surface area contributed by atoms with Gasteiger partial charge in [0, 0.05) is 36.1 Å². The van der Waals surface area contributed by atoms with Crippen molar-refractivity contribution in [2.75, 3.05) is 0 Å². The first-order chi connectivity index (χ1) is 14.0. The number of pyridine rings is 1. The van der Waals surface area contributed by atoms with E-state index in [4.69, 9.17) is 0 Å². The topological polar surface area (TPSA) is 30.7 Å². The van der Waals surface area contributed by atoms with Crippen molar-refractivity contribution in [1.82, 2.24) is 14.8 Å². The molecule has 0 bridgehead atoms. The molecule has 0 atom stereocenters. The van der Waals surface area contributed by atoms with Crippen molar-refractivity contribution in [3.05, 3.63) is 84.4 Å². The Morgan fingerprint density at radius 2 is 1.66 bits per heavy atom. The average Bonchev–Trinajstić information content (AvgIpc) is 3.19. The van der Waals surface area contributed by atoms with Gasteiger partial charge >= 0.3 is 6.18 Å². The van der Waals surface area contributed by atoms with Crippen LogP contribution >= 0.6 is 0 Å². The highest BCUT2D eigenvalue weighted by molar-refractivity contribution is 5.86. The molecule has 4 aromatic rings. The minimum atomic E-state index is -4.28. The fraction of sp³-hybridized carbons (Fsp3) is 0.217. The van der Waals surface area contributed by atoms with Gasteiger partial charge < -0.3 is 0 Å². The minimum Gasteiger partial charge on any atom is -0.272 e. The number of aromatic nitrogens is 3. The van der Waals surface area contributed by atoms with Crippen molar-refractivity contribution >= 4 is 10.8 Å². The molecule has 0 fully saturated rings. The first-order valence-corrected chi connectivity index (χ1v) is 9.52. The van der Waals surface area contributed by atoms with Crippen molar-refractivity contribution in [3.8, 4) is 11.1 Å². The molecule has 148 valence electrons. The maximum absolute atomic E-state index is 12.6. The molecule has 2 heterocycles. The monoisotopic (exact) mass is 395 g/mol. The maximum atomic E-state index is 12.6. The highest BCUT2D eigenvalue weighted by atomic mass is 19.4. The zero-order valence-corrected chi connectivity index (χ0v) is 15.7. The van der Waals surface area contributed by atoms with Gasteiger partial charge in [0.25, 0.3) is 0 Å². The second-order valence-corrected chi connectivity index (χ2v) is 7.08. The van der Waals surface area contributed by atoms with Gasteiger partial charge in [-0.05, 0) is 60.0 Å². The Hall–Kier alpha value is -3.15. The van der Waals surface area contributed by atoms with Gasteiger partial charge in [-0.3, -0.25) is 9.67 Å². The molecule has 2 aromatic heterocycles. The van der Waals surface area contributed by atoms with Crippen LogP contribution in [0, 0.1) is 0 Å². The molecule has 0 amide bonds. The first kappa shape index (κ1) is 19.2. The molecular formula is C23H20F3N3. The maximum Gasteiger partial charge on any atom is 0.416 e. The van der Waals surface area contributed by atoms with Crippen LogP contribution in [0.5, 0.6) is 0 Å². The molecular weight excluding hydrogens is 375 g/mol. The smallest absolute Gasteiger partial charge is 0.272 e. The van der Waals surface area contributed by atoms with E-state index in [-0.39, 0.29) is 0 Å². The van der Waals surface area contributed by atoms with E-state index in [0.29, 0.717) is 0 Å². The van der Waals surface area contributed by atoms with Crippen LogP contribution < -0.4 is 0 Å². The summed E-state index contributed by atoms with van der Waals surface area (Å²) in [7, 11) is 0. The van der Waals surface area contributed by atoms with Gasteiger partial charge in [-0.25, -0.2) is 0 Å². The van der Waals surface area contributed by atoms with Gasteiger partial charge in [0.2, 0.25) is 0 Å². The Bertz CT molecular complexity index is 1100. The third-order valence-corrected chi connectivity index (χ3v) is 4.99. The zero-order valence-electron chi connectivity index (χ0n) is 15.7. The summed E-state index contributed by atoms with van der Waals surface area (Å²) in [6.07, 6.45) is 5.79. The van der Waals surface area contributed by atoms with Gasteiger partial charge in [0.05, 0.1) is 11.8 Å². The van der Waals surface area contributed by atoms with E-state index in [9.17, 15) is 13.2 Å². The summed E-state index contributed by atoms with van der Waals surface area (Å²) in [5.41, 5.74) is 2.49. The lowest BCUT2D eigenvalue weighted by Gasteiger charge is -2.07.